The summed E-state index contributed by atoms with van der Waals surface area (Å²) in [7, 11) is 6.38. The summed E-state index contributed by atoms with van der Waals surface area (Å²) in [6, 6.07) is 17.4. The lowest BCUT2D eigenvalue weighted by molar-refractivity contribution is 0.343. The van der Waals surface area contributed by atoms with E-state index in [0.717, 1.165) is 4.47 Å². The van der Waals surface area contributed by atoms with Crippen molar-refractivity contribution in [3.8, 4) is 0 Å². The second-order valence-electron chi connectivity index (χ2n) is 5.63. The predicted octanol–water partition coefficient (Wildman–Crippen LogP) is 4.59. The Hall–Kier alpha value is -1.58. The molecule has 0 bridgehead atoms. The molecule has 0 spiro atoms. The first kappa shape index (κ1) is 14.4. The Labute approximate surface area is 134 Å². The first-order valence-corrected chi connectivity index (χ1v) is 7.83. The molecule has 108 valence electrons. The topological polar surface area (TPSA) is 8.17 Å². The largest absolute Gasteiger partial charge is 0.350 e. The van der Waals surface area contributed by atoms with Crippen LogP contribution in [-0.2, 0) is 7.05 Å². The van der Waals surface area contributed by atoms with Crippen LogP contribution in [0.5, 0.6) is 0 Å². The number of rotatable bonds is 3. The fraction of sp³-hybridized carbons (Fsp3) is 0.222. The Morgan fingerprint density at radius 3 is 2.52 bits per heavy atom. The molecule has 0 aliphatic rings. The molecule has 2 aromatic carbocycles. The number of para-hydroxylation sites is 1. The Balaban J connectivity index is 2.21. The van der Waals surface area contributed by atoms with Crippen LogP contribution in [0.25, 0.3) is 10.9 Å². The van der Waals surface area contributed by atoms with Crippen molar-refractivity contribution in [2.45, 2.75) is 6.04 Å². The Morgan fingerprint density at radius 2 is 1.81 bits per heavy atom. The average molecular weight is 343 g/mol. The van der Waals surface area contributed by atoms with Crippen molar-refractivity contribution in [2.75, 3.05) is 14.1 Å². The van der Waals surface area contributed by atoms with Crippen molar-refractivity contribution in [1.82, 2.24) is 9.47 Å². The van der Waals surface area contributed by atoms with Crippen molar-refractivity contribution < 1.29 is 0 Å². The number of hydrogen-bond donors (Lipinski definition) is 0. The molecular formula is C18H19BrN2. The van der Waals surface area contributed by atoms with Crippen molar-refractivity contribution in [2.24, 2.45) is 7.05 Å². The van der Waals surface area contributed by atoms with Gasteiger partial charge in [-0.1, -0.05) is 46.3 Å². The lowest BCUT2D eigenvalue weighted by atomic mass is 9.97. The Kier molecular flexibility index (Phi) is 3.87. The molecule has 3 heteroatoms. The summed E-state index contributed by atoms with van der Waals surface area (Å²) in [6.45, 7) is 0. The zero-order chi connectivity index (χ0) is 15.0. The molecule has 0 fully saturated rings. The molecule has 0 saturated heterocycles. The van der Waals surface area contributed by atoms with Crippen molar-refractivity contribution in [3.63, 3.8) is 0 Å². The summed E-state index contributed by atoms with van der Waals surface area (Å²) < 4.78 is 3.33. The maximum atomic E-state index is 3.58. The molecular weight excluding hydrogens is 324 g/mol. The number of aryl methyl sites for hydroxylation is 1. The van der Waals surface area contributed by atoms with Gasteiger partial charge in [-0.25, -0.2) is 0 Å². The molecule has 1 heterocycles. The maximum absolute atomic E-state index is 3.58. The summed E-state index contributed by atoms with van der Waals surface area (Å²) in [5.41, 5.74) is 3.91. The van der Waals surface area contributed by atoms with Crippen LogP contribution >= 0.6 is 15.9 Å². The highest BCUT2D eigenvalue weighted by Gasteiger charge is 2.21. The van der Waals surface area contributed by atoms with Gasteiger partial charge in [0.2, 0.25) is 0 Å². The lowest BCUT2D eigenvalue weighted by Gasteiger charge is -2.25. The van der Waals surface area contributed by atoms with Crippen molar-refractivity contribution in [1.29, 1.82) is 0 Å². The van der Waals surface area contributed by atoms with Crippen LogP contribution in [-0.4, -0.2) is 23.6 Å². The summed E-state index contributed by atoms with van der Waals surface area (Å²) in [4.78, 5) is 2.27. The van der Waals surface area contributed by atoms with Crippen molar-refractivity contribution >= 4 is 26.8 Å². The highest BCUT2D eigenvalue weighted by atomic mass is 79.9. The molecule has 0 aliphatic carbocycles. The maximum Gasteiger partial charge on any atom is 0.0618 e. The van der Waals surface area contributed by atoms with Crippen LogP contribution in [0.3, 0.4) is 0 Å². The van der Waals surface area contributed by atoms with E-state index in [4.69, 9.17) is 0 Å². The van der Waals surface area contributed by atoms with Crippen LogP contribution in [0, 0.1) is 0 Å². The number of halogens is 1. The van der Waals surface area contributed by atoms with Crippen LogP contribution in [0.4, 0.5) is 0 Å². The number of aromatic nitrogens is 1. The number of nitrogens with zero attached hydrogens (tertiary/aromatic N) is 2. The normalized spacial score (nSPS) is 13.0. The molecule has 0 N–H and O–H groups in total. The second-order valence-corrected chi connectivity index (χ2v) is 6.55. The van der Waals surface area contributed by atoms with Crippen LogP contribution in [0.1, 0.15) is 17.2 Å². The minimum absolute atomic E-state index is 0.244. The van der Waals surface area contributed by atoms with E-state index in [2.05, 4.69) is 101 Å². The quantitative estimate of drug-likeness (QED) is 0.675. The number of hydrogen-bond acceptors (Lipinski definition) is 1. The number of fused-ring (bicyclic) bond motifs is 1. The molecule has 1 atom stereocenters. The van der Waals surface area contributed by atoms with Gasteiger partial charge in [0, 0.05) is 28.6 Å². The summed E-state index contributed by atoms with van der Waals surface area (Å²) in [5, 5.41) is 1.32. The average Bonchev–Trinajstić information content (AvgIpc) is 2.77. The van der Waals surface area contributed by atoms with Crippen LogP contribution in [0.15, 0.2) is 59.2 Å². The highest BCUT2D eigenvalue weighted by Crippen LogP contribution is 2.34. The first-order chi connectivity index (χ1) is 10.1. The molecule has 0 saturated carbocycles. The predicted molar refractivity (Wildman–Crippen MR) is 92.6 cm³/mol. The fourth-order valence-electron chi connectivity index (χ4n) is 3.02. The van der Waals surface area contributed by atoms with E-state index in [1.165, 1.54) is 22.0 Å². The zero-order valence-electron chi connectivity index (χ0n) is 12.5. The van der Waals surface area contributed by atoms with Gasteiger partial charge in [-0.3, -0.25) is 4.90 Å². The zero-order valence-corrected chi connectivity index (χ0v) is 14.1. The van der Waals surface area contributed by atoms with Gasteiger partial charge in [-0.2, -0.15) is 0 Å². The second kappa shape index (κ2) is 5.66. The van der Waals surface area contributed by atoms with Gasteiger partial charge in [0.15, 0.2) is 0 Å². The summed E-state index contributed by atoms with van der Waals surface area (Å²) >= 11 is 3.58. The molecule has 3 rings (SSSR count). The van der Waals surface area contributed by atoms with Crippen molar-refractivity contribution in [3.05, 3.63) is 70.3 Å². The van der Waals surface area contributed by atoms with E-state index in [1.807, 2.05) is 0 Å². The summed E-state index contributed by atoms with van der Waals surface area (Å²) in [5.74, 6) is 0. The third-order valence-electron chi connectivity index (χ3n) is 3.90. The standard InChI is InChI=1S/C18H19BrN2/c1-20(2)18(13-7-6-8-14(19)11-13)16-12-21(3)17-10-5-4-9-15(16)17/h4-12,18H,1-3H3. The fourth-order valence-corrected chi connectivity index (χ4v) is 3.44. The third-order valence-corrected chi connectivity index (χ3v) is 4.40. The minimum Gasteiger partial charge on any atom is -0.350 e. The number of benzene rings is 2. The van der Waals surface area contributed by atoms with E-state index < -0.39 is 0 Å². The molecule has 2 nitrogen and oxygen atoms in total. The Morgan fingerprint density at radius 1 is 1.05 bits per heavy atom. The lowest BCUT2D eigenvalue weighted by Crippen LogP contribution is -2.20. The highest BCUT2D eigenvalue weighted by molar-refractivity contribution is 9.10. The van der Waals surface area contributed by atoms with E-state index in [0.29, 0.717) is 0 Å². The molecule has 0 aliphatic heterocycles. The van der Waals surface area contributed by atoms with Gasteiger partial charge in [0.05, 0.1) is 6.04 Å². The smallest absolute Gasteiger partial charge is 0.0618 e. The summed E-state index contributed by atoms with van der Waals surface area (Å²) in [6.07, 6.45) is 2.25. The Bertz CT molecular complexity index is 774. The molecule has 0 amide bonds. The van der Waals surface area contributed by atoms with E-state index in [-0.39, 0.29) is 6.04 Å². The first-order valence-electron chi connectivity index (χ1n) is 7.04. The van der Waals surface area contributed by atoms with Crippen LogP contribution in [0.2, 0.25) is 0 Å². The molecule has 3 aromatic rings. The van der Waals surface area contributed by atoms with E-state index in [1.54, 1.807) is 0 Å². The molecule has 1 unspecified atom stereocenters. The van der Waals surface area contributed by atoms with Gasteiger partial charge in [-0.05, 0) is 43.4 Å². The molecule has 21 heavy (non-hydrogen) atoms. The minimum atomic E-state index is 0.244. The van der Waals surface area contributed by atoms with E-state index in [9.17, 15) is 0 Å². The third kappa shape index (κ3) is 2.63. The monoisotopic (exact) mass is 342 g/mol. The van der Waals surface area contributed by atoms with Gasteiger partial charge in [0.25, 0.3) is 0 Å². The van der Waals surface area contributed by atoms with Crippen LogP contribution < -0.4 is 0 Å². The molecule has 0 radical (unpaired) electrons. The SMILES string of the molecule is CN(C)C(c1cccc(Br)c1)c1cn(C)c2ccccc12. The van der Waals surface area contributed by atoms with Gasteiger partial charge >= 0.3 is 0 Å². The van der Waals surface area contributed by atoms with Gasteiger partial charge in [0.1, 0.15) is 0 Å². The van der Waals surface area contributed by atoms with Gasteiger partial charge < -0.3 is 4.57 Å². The van der Waals surface area contributed by atoms with Gasteiger partial charge in [-0.15, -0.1) is 0 Å². The van der Waals surface area contributed by atoms with E-state index >= 15 is 0 Å². The molecule has 1 aromatic heterocycles.